The Labute approximate surface area is 143 Å². The average Bonchev–Trinajstić information content (AvgIpc) is 2.60. The van der Waals surface area contributed by atoms with Crippen LogP contribution in [-0.4, -0.2) is 25.2 Å². The summed E-state index contributed by atoms with van der Waals surface area (Å²) in [5.74, 6) is -2.21. The summed E-state index contributed by atoms with van der Waals surface area (Å²) < 4.78 is 42.1. The molecule has 0 fully saturated rings. The minimum atomic E-state index is -5.03. The zero-order valence-corrected chi connectivity index (χ0v) is 13.4. The van der Waals surface area contributed by atoms with Gasteiger partial charge in [0.1, 0.15) is 6.10 Å². The molecule has 1 atom stereocenters. The number of rotatable bonds is 7. The number of esters is 1. The normalized spacial score (nSPS) is 12.5. The Morgan fingerprint density at radius 2 is 1.72 bits per heavy atom. The Kier molecular flexibility index (Phi) is 6.41. The molecule has 25 heavy (non-hydrogen) atoms. The molecule has 0 unspecified atom stereocenters. The van der Waals surface area contributed by atoms with Crippen LogP contribution in [0.15, 0.2) is 54.6 Å². The highest BCUT2D eigenvalue weighted by atomic mass is 19.4. The fraction of sp³-hybridized carbons (Fsp3) is 0.278. The van der Waals surface area contributed by atoms with Gasteiger partial charge in [-0.2, -0.15) is 13.2 Å². The van der Waals surface area contributed by atoms with Gasteiger partial charge in [-0.25, -0.2) is 4.79 Å². The average molecular weight is 352 g/mol. The van der Waals surface area contributed by atoms with Gasteiger partial charge in [-0.05, 0) is 36.2 Å². The molecule has 2 aromatic rings. The van der Waals surface area contributed by atoms with Crippen LogP contribution in [0.1, 0.15) is 17.2 Å². The SMILES string of the molecule is NCCc1ccc(NC[C@H](OC(=O)C(F)(F)F)c2ccccc2)cc1. The largest absolute Gasteiger partial charge is 0.490 e. The third kappa shape index (κ3) is 5.79. The summed E-state index contributed by atoms with van der Waals surface area (Å²) in [5, 5.41) is 2.99. The molecular weight excluding hydrogens is 333 g/mol. The van der Waals surface area contributed by atoms with E-state index in [0.29, 0.717) is 17.8 Å². The molecule has 0 bridgehead atoms. The minimum Gasteiger partial charge on any atom is -0.449 e. The first-order valence-corrected chi connectivity index (χ1v) is 7.76. The maximum absolute atomic E-state index is 12.5. The van der Waals surface area contributed by atoms with E-state index in [1.54, 1.807) is 42.5 Å². The number of hydrogen-bond acceptors (Lipinski definition) is 4. The van der Waals surface area contributed by atoms with E-state index in [-0.39, 0.29) is 6.54 Å². The number of nitrogens with one attached hydrogen (secondary N) is 1. The molecule has 134 valence electrons. The highest BCUT2D eigenvalue weighted by Gasteiger charge is 2.42. The van der Waals surface area contributed by atoms with E-state index in [9.17, 15) is 18.0 Å². The molecule has 0 amide bonds. The van der Waals surface area contributed by atoms with Gasteiger partial charge in [0, 0.05) is 5.69 Å². The van der Waals surface area contributed by atoms with Crippen LogP contribution in [0.3, 0.4) is 0 Å². The molecule has 0 saturated carbocycles. The van der Waals surface area contributed by atoms with Crippen LogP contribution in [0.2, 0.25) is 0 Å². The molecule has 0 aromatic heterocycles. The molecule has 0 aliphatic rings. The van der Waals surface area contributed by atoms with E-state index in [1.807, 2.05) is 12.1 Å². The van der Waals surface area contributed by atoms with E-state index < -0.39 is 18.2 Å². The zero-order chi connectivity index (χ0) is 18.3. The molecule has 3 N–H and O–H groups in total. The standard InChI is InChI=1S/C18H19F3N2O2/c19-18(20,21)17(24)25-16(14-4-2-1-3-5-14)12-23-15-8-6-13(7-9-15)10-11-22/h1-9,16,23H,10-12,22H2/t16-/m0/s1. The lowest BCUT2D eigenvalue weighted by atomic mass is 10.1. The lowest BCUT2D eigenvalue weighted by molar-refractivity contribution is -0.204. The number of carbonyl (C=O) groups is 1. The van der Waals surface area contributed by atoms with Gasteiger partial charge in [-0.3, -0.25) is 0 Å². The second-order valence-electron chi connectivity index (χ2n) is 5.42. The Bertz CT molecular complexity index is 673. The molecule has 0 aliphatic carbocycles. The molecule has 0 heterocycles. The molecule has 0 saturated heterocycles. The third-order valence-electron chi connectivity index (χ3n) is 3.53. The molecule has 0 spiro atoms. The Morgan fingerprint density at radius 1 is 1.08 bits per heavy atom. The van der Waals surface area contributed by atoms with Gasteiger partial charge in [0.25, 0.3) is 0 Å². The van der Waals surface area contributed by atoms with Crippen molar-refractivity contribution in [1.82, 2.24) is 0 Å². The van der Waals surface area contributed by atoms with E-state index in [4.69, 9.17) is 5.73 Å². The lowest BCUT2D eigenvalue weighted by Crippen LogP contribution is -2.29. The van der Waals surface area contributed by atoms with Crippen molar-refractivity contribution < 1.29 is 22.7 Å². The van der Waals surface area contributed by atoms with Crippen molar-refractivity contribution in [3.05, 3.63) is 65.7 Å². The monoisotopic (exact) mass is 352 g/mol. The lowest BCUT2D eigenvalue weighted by Gasteiger charge is -2.20. The first-order chi connectivity index (χ1) is 11.9. The summed E-state index contributed by atoms with van der Waals surface area (Å²) in [6, 6.07) is 15.7. The van der Waals surface area contributed by atoms with Crippen molar-refractivity contribution in [1.29, 1.82) is 0 Å². The van der Waals surface area contributed by atoms with Crippen molar-refractivity contribution in [3.63, 3.8) is 0 Å². The Morgan fingerprint density at radius 3 is 2.28 bits per heavy atom. The van der Waals surface area contributed by atoms with Crippen LogP contribution in [0.4, 0.5) is 18.9 Å². The number of benzene rings is 2. The Hall–Kier alpha value is -2.54. The minimum absolute atomic E-state index is 0.0159. The number of ether oxygens (including phenoxy) is 1. The fourth-order valence-electron chi connectivity index (χ4n) is 2.26. The number of nitrogens with two attached hydrogens (primary N) is 1. The summed E-state index contributed by atoms with van der Waals surface area (Å²) in [6.45, 7) is 0.554. The summed E-state index contributed by atoms with van der Waals surface area (Å²) in [7, 11) is 0. The van der Waals surface area contributed by atoms with Crippen molar-refractivity contribution in [3.8, 4) is 0 Å². The van der Waals surface area contributed by atoms with Crippen molar-refractivity contribution >= 4 is 11.7 Å². The van der Waals surface area contributed by atoms with Crippen molar-refractivity contribution in [2.45, 2.75) is 18.7 Å². The van der Waals surface area contributed by atoms with Crippen LogP contribution in [0.25, 0.3) is 0 Å². The van der Waals surface area contributed by atoms with Crippen LogP contribution in [-0.2, 0) is 16.0 Å². The molecule has 0 aliphatic heterocycles. The van der Waals surface area contributed by atoms with E-state index in [1.165, 1.54) is 0 Å². The van der Waals surface area contributed by atoms with Crippen molar-refractivity contribution in [2.24, 2.45) is 5.73 Å². The third-order valence-corrected chi connectivity index (χ3v) is 3.53. The van der Waals surface area contributed by atoms with Crippen LogP contribution in [0, 0.1) is 0 Å². The van der Waals surface area contributed by atoms with E-state index in [0.717, 1.165) is 12.0 Å². The summed E-state index contributed by atoms with van der Waals surface area (Å²) in [4.78, 5) is 11.2. The zero-order valence-electron chi connectivity index (χ0n) is 13.4. The summed E-state index contributed by atoms with van der Waals surface area (Å²) in [5.41, 5.74) is 7.74. The van der Waals surface area contributed by atoms with Gasteiger partial charge < -0.3 is 15.8 Å². The number of alkyl halides is 3. The van der Waals surface area contributed by atoms with Crippen LogP contribution in [0.5, 0.6) is 0 Å². The Balaban J connectivity index is 2.06. The first-order valence-electron chi connectivity index (χ1n) is 7.76. The van der Waals surface area contributed by atoms with Gasteiger partial charge in [-0.15, -0.1) is 0 Å². The number of carbonyl (C=O) groups excluding carboxylic acids is 1. The number of hydrogen-bond donors (Lipinski definition) is 2. The summed E-state index contributed by atoms with van der Waals surface area (Å²) >= 11 is 0. The molecule has 7 heteroatoms. The van der Waals surface area contributed by atoms with Gasteiger partial charge in [0.15, 0.2) is 0 Å². The first kappa shape index (κ1) is 18.8. The number of anilines is 1. The molecule has 2 aromatic carbocycles. The highest BCUT2D eigenvalue weighted by Crippen LogP contribution is 2.24. The maximum atomic E-state index is 12.5. The maximum Gasteiger partial charge on any atom is 0.490 e. The molecule has 4 nitrogen and oxygen atoms in total. The molecule has 0 radical (unpaired) electrons. The highest BCUT2D eigenvalue weighted by molar-refractivity contribution is 5.76. The second-order valence-corrected chi connectivity index (χ2v) is 5.42. The molecule has 2 rings (SSSR count). The van der Waals surface area contributed by atoms with E-state index >= 15 is 0 Å². The fourth-order valence-corrected chi connectivity index (χ4v) is 2.26. The van der Waals surface area contributed by atoms with Gasteiger partial charge in [-0.1, -0.05) is 42.5 Å². The summed E-state index contributed by atoms with van der Waals surface area (Å²) in [6.07, 6.45) is -5.34. The molecular formula is C18H19F3N2O2. The predicted octanol–water partition coefficient (Wildman–Crippen LogP) is 3.45. The van der Waals surface area contributed by atoms with Crippen LogP contribution < -0.4 is 11.1 Å². The topological polar surface area (TPSA) is 64.3 Å². The quantitative estimate of drug-likeness (QED) is 0.749. The van der Waals surface area contributed by atoms with E-state index in [2.05, 4.69) is 10.1 Å². The van der Waals surface area contributed by atoms with Gasteiger partial charge in [0.05, 0.1) is 6.54 Å². The van der Waals surface area contributed by atoms with Crippen molar-refractivity contribution in [2.75, 3.05) is 18.4 Å². The number of halogens is 3. The second kappa shape index (κ2) is 8.53. The van der Waals surface area contributed by atoms with Crippen LogP contribution >= 0.6 is 0 Å². The van der Waals surface area contributed by atoms with Gasteiger partial charge in [0.2, 0.25) is 0 Å². The van der Waals surface area contributed by atoms with Gasteiger partial charge >= 0.3 is 12.1 Å². The smallest absolute Gasteiger partial charge is 0.449 e. The predicted molar refractivity (Wildman–Crippen MR) is 89.0 cm³/mol.